The number of pyridine rings is 1. The fourth-order valence-corrected chi connectivity index (χ4v) is 3.14. The number of nitrogens with zero attached hydrogens (tertiary/aromatic N) is 2. The van der Waals surface area contributed by atoms with Gasteiger partial charge in [-0.1, -0.05) is 6.58 Å². The lowest BCUT2D eigenvalue weighted by molar-refractivity contribution is -0.137. The zero-order chi connectivity index (χ0) is 26.5. The topological polar surface area (TPSA) is 121 Å². The molecule has 36 heavy (non-hydrogen) atoms. The second-order valence-electron chi connectivity index (χ2n) is 8.19. The van der Waals surface area contributed by atoms with Crippen LogP contribution in [0.4, 0.5) is 28.9 Å². The standard InChI is InChI=1S/C24H24F4N6O2/c1-14(2)30-11-15(10-29)21(35)34-23(7-8-23)22(36)32-12-17-4-5-18(13-31-17)33-20-6-3-16(25)9-19(20)24(26,27)28/h3-6,9-11,13,33H,1,7-8,12,29H2,2H3,(H,32,36)(H,34,35)/b15-10+,30-11?. The Balaban J connectivity index is 1.59. The molecule has 0 spiro atoms. The van der Waals surface area contributed by atoms with Gasteiger partial charge in [0.2, 0.25) is 5.91 Å². The monoisotopic (exact) mass is 504 g/mol. The highest BCUT2D eigenvalue weighted by Crippen LogP contribution is 2.37. The summed E-state index contributed by atoms with van der Waals surface area (Å²) in [7, 11) is 0. The van der Waals surface area contributed by atoms with Crippen molar-refractivity contribution in [1.29, 1.82) is 0 Å². The molecule has 1 saturated carbocycles. The molecule has 8 nitrogen and oxygen atoms in total. The quantitative estimate of drug-likeness (QED) is 0.236. The highest BCUT2D eigenvalue weighted by Gasteiger charge is 2.51. The van der Waals surface area contributed by atoms with Gasteiger partial charge < -0.3 is 21.7 Å². The van der Waals surface area contributed by atoms with Crippen LogP contribution >= 0.6 is 0 Å². The maximum atomic E-state index is 13.3. The minimum absolute atomic E-state index is 0.0256. The minimum atomic E-state index is -4.74. The van der Waals surface area contributed by atoms with Crippen molar-refractivity contribution < 1.29 is 27.2 Å². The smallest absolute Gasteiger partial charge is 0.404 e. The van der Waals surface area contributed by atoms with Crippen molar-refractivity contribution in [2.45, 2.75) is 38.0 Å². The number of carbonyl (C=O) groups is 2. The van der Waals surface area contributed by atoms with Gasteiger partial charge in [-0.3, -0.25) is 19.6 Å². The fraction of sp³-hybridized carbons (Fsp3) is 0.250. The van der Waals surface area contributed by atoms with E-state index in [-0.39, 0.29) is 23.5 Å². The number of halogens is 4. The number of hydrogen-bond donors (Lipinski definition) is 4. The van der Waals surface area contributed by atoms with Crippen LogP contribution in [0.5, 0.6) is 0 Å². The Hall–Kier alpha value is -4.22. The number of carbonyl (C=O) groups excluding carboxylic acids is 2. The van der Waals surface area contributed by atoms with Gasteiger partial charge in [-0.05, 0) is 50.1 Å². The second-order valence-corrected chi connectivity index (χ2v) is 8.19. The van der Waals surface area contributed by atoms with Crippen LogP contribution in [0.25, 0.3) is 0 Å². The van der Waals surface area contributed by atoms with Crippen LogP contribution in [-0.4, -0.2) is 28.6 Å². The average Bonchev–Trinajstić information content (AvgIpc) is 3.59. The van der Waals surface area contributed by atoms with Gasteiger partial charge in [-0.2, -0.15) is 13.2 Å². The van der Waals surface area contributed by atoms with Crippen LogP contribution in [0.15, 0.2) is 65.6 Å². The largest absolute Gasteiger partial charge is 0.418 e. The van der Waals surface area contributed by atoms with Crippen LogP contribution in [0, 0.1) is 5.82 Å². The third kappa shape index (κ3) is 6.68. The first-order valence-electron chi connectivity index (χ1n) is 10.7. The molecule has 12 heteroatoms. The van der Waals surface area contributed by atoms with Gasteiger partial charge in [-0.25, -0.2) is 4.39 Å². The molecule has 190 valence electrons. The summed E-state index contributed by atoms with van der Waals surface area (Å²) in [5.74, 6) is -1.96. The zero-order valence-corrected chi connectivity index (χ0v) is 19.2. The van der Waals surface area contributed by atoms with Crippen LogP contribution in [0.3, 0.4) is 0 Å². The summed E-state index contributed by atoms with van der Waals surface area (Å²) in [5, 5.41) is 7.93. The number of amides is 2. The maximum absolute atomic E-state index is 13.3. The number of aliphatic imine (C=N–C) groups is 1. The third-order valence-corrected chi connectivity index (χ3v) is 5.22. The summed E-state index contributed by atoms with van der Waals surface area (Å²) in [4.78, 5) is 33.2. The van der Waals surface area contributed by atoms with Gasteiger partial charge in [0.05, 0.1) is 40.9 Å². The third-order valence-electron chi connectivity index (χ3n) is 5.22. The van der Waals surface area contributed by atoms with E-state index in [1.165, 1.54) is 24.5 Å². The molecular formula is C24H24F4N6O2. The predicted molar refractivity (Wildman–Crippen MR) is 126 cm³/mol. The highest BCUT2D eigenvalue weighted by molar-refractivity contribution is 6.13. The molecule has 1 heterocycles. The highest BCUT2D eigenvalue weighted by atomic mass is 19.4. The zero-order valence-electron chi connectivity index (χ0n) is 19.2. The lowest BCUT2D eigenvalue weighted by Crippen LogP contribution is -2.49. The van der Waals surface area contributed by atoms with Crippen molar-refractivity contribution in [3.05, 3.63) is 77.7 Å². The number of allylic oxidation sites excluding steroid dienone is 1. The molecule has 1 fully saturated rings. The molecular weight excluding hydrogens is 480 g/mol. The van der Waals surface area contributed by atoms with E-state index >= 15 is 0 Å². The van der Waals surface area contributed by atoms with Gasteiger partial charge in [0.15, 0.2) is 0 Å². The lowest BCUT2D eigenvalue weighted by atomic mass is 10.1. The van der Waals surface area contributed by atoms with E-state index in [2.05, 4.69) is 32.5 Å². The molecule has 0 unspecified atom stereocenters. The van der Waals surface area contributed by atoms with E-state index in [1.807, 2.05) is 0 Å². The van der Waals surface area contributed by atoms with Crippen molar-refractivity contribution in [1.82, 2.24) is 15.6 Å². The van der Waals surface area contributed by atoms with Gasteiger partial charge in [0, 0.05) is 18.1 Å². The lowest BCUT2D eigenvalue weighted by Gasteiger charge is -2.17. The summed E-state index contributed by atoms with van der Waals surface area (Å²) >= 11 is 0. The Morgan fingerprint density at radius 2 is 1.97 bits per heavy atom. The van der Waals surface area contributed by atoms with E-state index in [0.29, 0.717) is 30.3 Å². The van der Waals surface area contributed by atoms with E-state index in [1.54, 1.807) is 6.92 Å². The first kappa shape index (κ1) is 26.4. The van der Waals surface area contributed by atoms with Crippen molar-refractivity contribution >= 4 is 29.4 Å². The van der Waals surface area contributed by atoms with Gasteiger partial charge >= 0.3 is 6.18 Å². The molecule has 5 N–H and O–H groups in total. The van der Waals surface area contributed by atoms with E-state index in [0.717, 1.165) is 18.3 Å². The van der Waals surface area contributed by atoms with Crippen LogP contribution in [0.2, 0.25) is 0 Å². The first-order valence-corrected chi connectivity index (χ1v) is 10.7. The summed E-state index contributed by atoms with van der Waals surface area (Å²) < 4.78 is 52.8. The van der Waals surface area contributed by atoms with E-state index in [9.17, 15) is 27.2 Å². The minimum Gasteiger partial charge on any atom is -0.404 e. The number of hydrogen-bond acceptors (Lipinski definition) is 6. The van der Waals surface area contributed by atoms with Gasteiger partial charge in [-0.15, -0.1) is 0 Å². The second kappa shape index (κ2) is 10.6. The average molecular weight is 504 g/mol. The number of anilines is 2. The Morgan fingerprint density at radius 1 is 1.25 bits per heavy atom. The van der Waals surface area contributed by atoms with Crippen molar-refractivity contribution in [3.8, 4) is 0 Å². The van der Waals surface area contributed by atoms with Crippen LogP contribution in [-0.2, 0) is 22.3 Å². The molecule has 0 aliphatic heterocycles. The molecule has 1 aliphatic rings. The molecule has 0 radical (unpaired) electrons. The van der Waals surface area contributed by atoms with Crippen LogP contribution < -0.4 is 21.7 Å². The molecule has 0 atom stereocenters. The van der Waals surface area contributed by atoms with Crippen molar-refractivity contribution in [2.24, 2.45) is 10.7 Å². The van der Waals surface area contributed by atoms with Gasteiger partial charge in [0.25, 0.3) is 5.91 Å². The Kier molecular flexibility index (Phi) is 7.76. The fourth-order valence-electron chi connectivity index (χ4n) is 3.14. The van der Waals surface area contributed by atoms with Gasteiger partial charge in [0.1, 0.15) is 11.4 Å². The number of nitrogens with one attached hydrogen (secondary N) is 3. The number of aromatic nitrogens is 1. The van der Waals surface area contributed by atoms with Crippen molar-refractivity contribution in [2.75, 3.05) is 5.32 Å². The predicted octanol–water partition coefficient (Wildman–Crippen LogP) is 3.70. The summed E-state index contributed by atoms with van der Waals surface area (Å²) in [5.41, 5.74) is 4.18. The molecule has 1 aliphatic carbocycles. The number of nitrogens with two attached hydrogens (primary N) is 1. The first-order chi connectivity index (χ1) is 16.9. The molecule has 0 saturated heterocycles. The molecule has 3 rings (SSSR count). The summed E-state index contributed by atoms with van der Waals surface area (Å²) in [6.07, 6.45) is -0.230. The van der Waals surface area contributed by atoms with Crippen LogP contribution in [0.1, 0.15) is 31.0 Å². The molecule has 1 aromatic heterocycles. The number of alkyl halides is 3. The summed E-state index contributed by atoms with van der Waals surface area (Å²) in [6, 6.07) is 5.31. The molecule has 1 aromatic carbocycles. The van der Waals surface area contributed by atoms with E-state index in [4.69, 9.17) is 5.73 Å². The molecule has 2 amide bonds. The normalized spacial score (nSPS) is 14.9. The Morgan fingerprint density at radius 3 is 2.53 bits per heavy atom. The molecule has 0 bridgehead atoms. The number of rotatable bonds is 9. The van der Waals surface area contributed by atoms with Crippen molar-refractivity contribution in [3.63, 3.8) is 0 Å². The summed E-state index contributed by atoms with van der Waals surface area (Å²) in [6.45, 7) is 5.28. The van der Waals surface area contributed by atoms with E-state index < -0.39 is 34.9 Å². The molecule has 2 aromatic rings. The SMILES string of the molecule is C=C(C)N=C/C(=C\N)C(=O)NC1(C(=O)NCc2ccc(Nc3ccc(F)cc3C(F)(F)F)cn2)CC1. The Labute approximate surface area is 204 Å². The number of benzene rings is 1. The maximum Gasteiger partial charge on any atom is 0.418 e. The Bertz CT molecular complexity index is 1220.